The minimum Gasteiger partial charge on any atom is -0.493 e. The molecule has 2 N–H and O–H groups in total. The Morgan fingerprint density at radius 1 is 1.04 bits per heavy atom. The first-order valence-electron chi connectivity index (χ1n) is 8.45. The number of halogens is 2. The van der Waals surface area contributed by atoms with Crippen molar-refractivity contribution in [1.82, 2.24) is 4.98 Å². The number of aromatic nitrogens is 1. The molecule has 0 atom stereocenters. The molecule has 0 aliphatic rings. The SMILES string of the molecule is CCOc1ccc(-c2cc(-c3ccc(Cl)c(Cl)c3)nc(N)c2C#N)cc1OC. The lowest BCUT2D eigenvalue weighted by Gasteiger charge is -2.14. The van der Waals surface area contributed by atoms with Crippen LogP contribution in [0.4, 0.5) is 5.82 Å². The molecule has 0 radical (unpaired) electrons. The predicted octanol–water partition coefficient (Wildman–Crippen LogP) is 5.58. The molecule has 0 aliphatic carbocycles. The molecule has 0 fully saturated rings. The largest absolute Gasteiger partial charge is 0.493 e. The second kappa shape index (κ2) is 8.39. The van der Waals surface area contributed by atoms with Gasteiger partial charge in [0.25, 0.3) is 0 Å². The van der Waals surface area contributed by atoms with E-state index in [1.165, 1.54) is 0 Å². The zero-order valence-corrected chi connectivity index (χ0v) is 16.8. The highest BCUT2D eigenvalue weighted by Crippen LogP contribution is 2.37. The van der Waals surface area contributed by atoms with Gasteiger partial charge in [0.2, 0.25) is 0 Å². The van der Waals surface area contributed by atoms with Crippen molar-refractivity contribution in [2.75, 3.05) is 19.5 Å². The van der Waals surface area contributed by atoms with Gasteiger partial charge in [-0.15, -0.1) is 0 Å². The number of nitrogens with two attached hydrogens (primary N) is 1. The first-order chi connectivity index (χ1) is 13.5. The van der Waals surface area contributed by atoms with Gasteiger partial charge in [0.05, 0.1) is 29.5 Å². The van der Waals surface area contributed by atoms with E-state index in [1.54, 1.807) is 43.5 Å². The van der Waals surface area contributed by atoms with Crippen molar-refractivity contribution < 1.29 is 9.47 Å². The van der Waals surface area contributed by atoms with Crippen molar-refractivity contribution in [3.8, 4) is 40.0 Å². The van der Waals surface area contributed by atoms with Crippen molar-refractivity contribution in [1.29, 1.82) is 5.26 Å². The smallest absolute Gasteiger partial charge is 0.161 e. The molecule has 2 aromatic carbocycles. The fraction of sp³-hybridized carbons (Fsp3) is 0.143. The molecular weight excluding hydrogens is 397 g/mol. The van der Waals surface area contributed by atoms with E-state index in [2.05, 4.69) is 11.1 Å². The summed E-state index contributed by atoms with van der Waals surface area (Å²) in [6.45, 7) is 2.41. The molecule has 0 spiro atoms. The fourth-order valence-electron chi connectivity index (χ4n) is 2.82. The number of benzene rings is 2. The second-order valence-corrected chi connectivity index (χ2v) is 6.67. The summed E-state index contributed by atoms with van der Waals surface area (Å²) in [5.41, 5.74) is 9.08. The number of rotatable bonds is 5. The minimum atomic E-state index is 0.133. The number of nitrogens with zero attached hydrogens (tertiary/aromatic N) is 2. The van der Waals surface area contributed by atoms with E-state index < -0.39 is 0 Å². The van der Waals surface area contributed by atoms with Crippen LogP contribution in [-0.2, 0) is 0 Å². The van der Waals surface area contributed by atoms with E-state index in [1.807, 2.05) is 13.0 Å². The summed E-state index contributed by atoms with van der Waals surface area (Å²) in [5.74, 6) is 1.32. The highest BCUT2D eigenvalue weighted by Gasteiger charge is 2.16. The lowest BCUT2D eigenvalue weighted by atomic mass is 9.98. The van der Waals surface area contributed by atoms with Gasteiger partial charge in [0.15, 0.2) is 11.5 Å². The van der Waals surface area contributed by atoms with Crippen molar-refractivity contribution >= 4 is 29.0 Å². The van der Waals surface area contributed by atoms with E-state index in [4.69, 9.17) is 38.4 Å². The number of nitriles is 1. The summed E-state index contributed by atoms with van der Waals surface area (Å²) in [4.78, 5) is 4.36. The molecule has 5 nitrogen and oxygen atoms in total. The van der Waals surface area contributed by atoms with Crippen LogP contribution in [0.5, 0.6) is 11.5 Å². The third-order valence-corrected chi connectivity index (χ3v) is 4.89. The van der Waals surface area contributed by atoms with Crippen molar-refractivity contribution in [2.24, 2.45) is 0 Å². The Balaban J connectivity index is 2.18. The highest BCUT2D eigenvalue weighted by molar-refractivity contribution is 6.42. The number of methoxy groups -OCH3 is 1. The number of pyridine rings is 1. The Kier molecular flexibility index (Phi) is 5.93. The third-order valence-electron chi connectivity index (χ3n) is 4.15. The summed E-state index contributed by atoms with van der Waals surface area (Å²) < 4.78 is 11.0. The van der Waals surface area contributed by atoms with Crippen LogP contribution in [0.25, 0.3) is 22.4 Å². The topological polar surface area (TPSA) is 81.2 Å². The van der Waals surface area contributed by atoms with Crippen molar-refractivity contribution in [3.05, 3.63) is 58.1 Å². The van der Waals surface area contributed by atoms with Crippen molar-refractivity contribution in [3.63, 3.8) is 0 Å². The van der Waals surface area contributed by atoms with Crippen LogP contribution < -0.4 is 15.2 Å². The van der Waals surface area contributed by atoms with Crippen LogP contribution in [0, 0.1) is 11.3 Å². The Labute approximate surface area is 173 Å². The normalized spacial score (nSPS) is 10.4. The molecule has 3 rings (SSSR count). The number of ether oxygens (including phenoxy) is 2. The Morgan fingerprint density at radius 2 is 1.79 bits per heavy atom. The van der Waals surface area contributed by atoms with Gasteiger partial charge in [0.1, 0.15) is 17.5 Å². The first kappa shape index (κ1) is 19.8. The van der Waals surface area contributed by atoms with Gasteiger partial charge in [-0.1, -0.05) is 35.3 Å². The summed E-state index contributed by atoms with van der Waals surface area (Å²) in [7, 11) is 1.56. The number of anilines is 1. The highest BCUT2D eigenvalue weighted by atomic mass is 35.5. The average molecular weight is 414 g/mol. The van der Waals surface area contributed by atoms with Gasteiger partial charge in [-0.3, -0.25) is 0 Å². The molecule has 0 bridgehead atoms. The summed E-state index contributed by atoms with van der Waals surface area (Å²) in [5, 5.41) is 10.5. The van der Waals surface area contributed by atoms with Gasteiger partial charge in [0, 0.05) is 11.1 Å². The molecule has 7 heteroatoms. The molecular formula is C21H17Cl2N3O2. The molecule has 0 unspecified atom stereocenters. The molecule has 142 valence electrons. The monoisotopic (exact) mass is 413 g/mol. The van der Waals surface area contributed by atoms with Gasteiger partial charge in [-0.25, -0.2) is 4.98 Å². The molecule has 28 heavy (non-hydrogen) atoms. The van der Waals surface area contributed by atoms with E-state index in [0.717, 1.165) is 11.1 Å². The standard InChI is InChI=1S/C21H17Cl2N3O2/c1-3-28-19-7-5-12(9-20(19)27-2)14-10-18(26-21(25)15(14)11-24)13-4-6-16(22)17(23)8-13/h4-10H,3H2,1-2H3,(H2,25,26). The van der Waals surface area contributed by atoms with Crippen LogP contribution in [0.15, 0.2) is 42.5 Å². The number of hydrogen-bond acceptors (Lipinski definition) is 5. The number of hydrogen-bond donors (Lipinski definition) is 1. The van der Waals surface area contributed by atoms with Crippen LogP contribution in [0.1, 0.15) is 12.5 Å². The molecule has 1 heterocycles. The minimum absolute atomic E-state index is 0.133. The van der Waals surface area contributed by atoms with Gasteiger partial charge < -0.3 is 15.2 Å². The zero-order chi connectivity index (χ0) is 20.3. The Bertz CT molecular complexity index is 1080. The summed E-state index contributed by atoms with van der Waals surface area (Å²) in [6, 6.07) is 14.6. The second-order valence-electron chi connectivity index (χ2n) is 5.85. The zero-order valence-electron chi connectivity index (χ0n) is 15.3. The maximum absolute atomic E-state index is 9.60. The van der Waals surface area contributed by atoms with Gasteiger partial charge >= 0.3 is 0 Å². The maximum atomic E-state index is 9.60. The van der Waals surface area contributed by atoms with Crippen LogP contribution in [-0.4, -0.2) is 18.7 Å². The van der Waals surface area contributed by atoms with Crippen LogP contribution >= 0.6 is 23.2 Å². The first-order valence-corrected chi connectivity index (χ1v) is 9.21. The molecule has 3 aromatic rings. The van der Waals surface area contributed by atoms with E-state index in [0.29, 0.717) is 39.4 Å². The fourth-order valence-corrected chi connectivity index (χ4v) is 3.12. The lowest BCUT2D eigenvalue weighted by Crippen LogP contribution is -2.00. The van der Waals surface area contributed by atoms with Gasteiger partial charge in [-0.05, 0) is 42.8 Å². The average Bonchev–Trinajstić information content (AvgIpc) is 2.70. The van der Waals surface area contributed by atoms with E-state index in [-0.39, 0.29) is 11.4 Å². The lowest BCUT2D eigenvalue weighted by molar-refractivity contribution is 0.311. The van der Waals surface area contributed by atoms with Gasteiger partial charge in [-0.2, -0.15) is 5.26 Å². The maximum Gasteiger partial charge on any atom is 0.161 e. The molecule has 0 saturated carbocycles. The summed E-state index contributed by atoms with van der Waals surface area (Å²) >= 11 is 12.1. The molecule has 1 aromatic heterocycles. The molecule has 0 saturated heterocycles. The Hall–Kier alpha value is -2.94. The quantitative estimate of drug-likeness (QED) is 0.589. The Morgan fingerprint density at radius 3 is 2.43 bits per heavy atom. The van der Waals surface area contributed by atoms with Crippen LogP contribution in [0.3, 0.4) is 0 Å². The molecule has 0 amide bonds. The number of nitrogen functional groups attached to an aromatic ring is 1. The van der Waals surface area contributed by atoms with E-state index >= 15 is 0 Å². The van der Waals surface area contributed by atoms with Crippen LogP contribution in [0.2, 0.25) is 10.0 Å². The molecule has 0 aliphatic heterocycles. The van der Waals surface area contributed by atoms with Crippen molar-refractivity contribution in [2.45, 2.75) is 6.92 Å². The predicted molar refractivity (Wildman–Crippen MR) is 112 cm³/mol. The van der Waals surface area contributed by atoms with E-state index in [9.17, 15) is 5.26 Å². The summed E-state index contributed by atoms with van der Waals surface area (Å²) in [6.07, 6.45) is 0. The third kappa shape index (κ3) is 3.84.